The molecule has 1 aromatic carbocycles. The van der Waals surface area contributed by atoms with Crippen LogP contribution in [0.15, 0.2) is 18.2 Å². The normalized spacial score (nSPS) is 18.3. The second kappa shape index (κ2) is 4.34. The molecule has 1 aromatic heterocycles. The number of hydrogen-bond donors (Lipinski definition) is 1. The molecular weight excluding hydrogens is 236 g/mol. The van der Waals surface area contributed by atoms with Crippen molar-refractivity contribution in [2.24, 2.45) is 5.73 Å². The Morgan fingerprint density at radius 3 is 2.95 bits per heavy atom. The highest BCUT2D eigenvalue weighted by atomic mass is 16.1. The lowest BCUT2D eigenvalue weighted by Crippen LogP contribution is -2.20. The van der Waals surface area contributed by atoms with Gasteiger partial charge in [0.05, 0.1) is 11.1 Å². The summed E-state index contributed by atoms with van der Waals surface area (Å²) in [6.07, 6.45) is 3.15. The van der Waals surface area contributed by atoms with Crippen LogP contribution in [0.4, 0.5) is 0 Å². The maximum Gasteiger partial charge on any atom is 0.249 e. The van der Waals surface area contributed by atoms with Crippen molar-refractivity contribution in [1.29, 1.82) is 0 Å². The average Bonchev–Trinajstić information content (AvgIpc) is 2.37. The number of rotatable bonds is 1. The van der Waals surface area contributed by atoms with E-state index in [9.17, 15) is 4.79 Å². The molecule has 0 saturated carbocycles. The van der Waals surface area contributed by atoms with Gasteiger partial charge < -0.3 is 5.73 Å². The number of pyridine rings is 1. The van der Waals surface area contributed by atoms with E-state index in [0.717, 1.165) is 47.0 Å². The summed E-state index contributed by atoms with van der Waals surface area (Å²) in [5.41, 5.74) is 10.5. The third-order valence-electron chi connectivity index (χ3n) is 4.13. The number of carbonyl (C=O) groups excluding carboxylic acids is 1. The van der Waals surface area contributed by atoms with Gasteiger partial charge >= 0.3 is 0 Å². The molecule has 0 spiro atoms. The fourth-order valence-corrected chi connectivity index (χ4v) is 3.15. The lowest BCUT2D eigenvalue weighted by Gasteiger charge is -2.24. The number of nitrogens with zero attached hydrogens (tertiary/aromatic N) is 1. The molecule has 0 radical (unpaired) electrons. The molecule has 0 saturated heterocycles. The van der Waals surface area contributed by atoms with Crippen molar-refractivity contribution in [2.75, 3.05) is 0 Å². The number of fused-ring (bicyclic) bond motifs is 2. The number of aryl methyl sites for hydroxylation is 1. The molecule has 1 heterocycles. The second-order valence-electron chi connectivity index (χ2n) is 5.48. The highest BCUT2D eigenvalue weighted by Crippen LogP contribution is 2.35. The molecule has 19 heavy (non-hydrogen) atoms. The summed E-state index contributed by atoms with van der Waals surface area (Å²) in [6.45, 7) is 4.21. The zero-order valence-electron chi connectivity index (χ0n) is 11.4. The monoisotopic (exact) mass is 254 g/mol. The maximum atomic E-state index is 11.9. The van der Waals surface area contributed by atoms with Crippen molar-refractivity contribution in [3.05, 3.63) is 40.6 Å². The van der Waals surface area contributed by atoms with Gasteiger partial charge in [0.2, 0.25) is 5.91 Å². The van der Waals surface area contributed by atoms with Crippen LogP contribution in [-0.4, -0.2) is 10.9 Å². The number of nitrogens with two attached hydrogens (primary N) is 1. The summed E-state index contributed by atoms with van der Waals surface area (Å²) in [7, 11) is 0. The summed E-state index contributed by atoms with van der Waals surface area (Å²) in [4.78, 5) is 16.7. The van der Waals surface area contributed by atoms with E-state index in [1.165, 1.54) is 0 Å². The highest BCUT2D eigenvalue weighted by molar-refractivity contribution is 6.07. The van der Waals surface area contributed by atoms with E-state index >= 15 is 0 Å². The number of hydrogen-bond acceptors (Lipinski definition) is 2. The Hall–Kier alpha value is -1.90. The standard InChI is InChI=1S/C16H18N2O/c1-9-5-3-7-11-13(16(17)19)12-8-4-6-10(2)15(12)18-14(9)11/h3,5,7,10H,4,6,8H2,1-2H3,(H2,17,19)/t10-/m1/s1. The van der Waals surface area contributed by atoms with E-state index in [0.29, 0.717) is 11.5 Å². The molecule has 1 aliphatic carbocycles. The third-order valence-corrected chi connectivity index (χ3v) is 4.13. The fraction of sp³-hybridized carbons (Fsp3) is 0.375. The van der Waals surface area contributed by atoms with Gasteiger partial charge in [0.15, 0.2) is 0 Å². The Morgan fingerprint density at radius 1 is 1.42 bits per heavy atom. The fourth-order valence-electron chi connectivity index (χ4n) is 3.15. The van der Waals surface area contributed by atoms with E-state index in [-0.39, 0.29) is 5.91 Å². The first kappa shape index (κ1) is 12.2. The first-order valence-electron chi connectivity index (χ1n) is 6.81. The van der Waals surface area contributed by atoms with Crippen molar-refractivity contribution >= 4 is 16.8 Å². The smallest absolute Gasteiger partial charge is 0.249 e. The minimum absolute atomic E-state index is 0.330. The van der Waals surface area contributed by atoms with Crippen molar-refractivity contribution in [1.82, 2.24) is 4.98 Å². The summed E-state index contributed by atoms with van der Waals surface area (Å²) in [6, 6.07) is 5.94. The molecule has 0 aliphatic heterocycles. The zero-order chi connectivity index (χ0) is 13.6. The first-order chi connectivity index (χ1) is 9.09. The van der Waals surface area contributed by atoms with Crippen molar-refractivity contribution in [2.45, 2.75) is 39.0 Å². The van der Waals surface area contributed by atoms with Crippen molar-refractivity contribution in [3.8, 4) is 0 Å². The van der Waals surface area contributed by atoms with Crippen LogP contribution in [0.5, 0.6) is 0 Å². The Balaban J connectivity index is 2.45. The highest BCUT2D eigenvalue weighted by Gasteiger charge is 2.25. The molecule has 3 nitrogen and oxygen atoms in total. The Labute approximate surface area is 112 Å². The van der Waals surface area contributed by atoms with Gasteiger partial charge in [-0.3, -0.25) is 9.78 Å². The van der Waals surface area contributed by atoms with E-state index < -0.39 is 0 Å². The lowest BCUT2D eigenvalue weighted by molar-refractivity contribution is 0.100. The van der Waals surface area contributed by atoms with Crippen molar-refractivity contribution in [3.63, 3.8) is 0 Å². The minimum atomic E-state index is -0.330. The number of primary amides is 1. The van der Waals surface area contributed by atoms with Gasteiger partial charge in [-0.05, 0) is 43.2 Å². The zero-order valence-corrected chi connectivity index (χ0v) is 11.4. The molecule has 3 heteroatoms. The predicted molar refractivity (Wildman–Crippen MR) is 76.4 cm³/mol. The maximum absolute atomic E-state index is 11.9. The van der Waals surface area contributed by atoms with Crippen LogP contribution in [0, 0.1) is 6.92 Å². The first-order valence-corrected chi connectivity index (χ1v) is 6.81. The van der Waals surface area contributed by atoms with E-state index in [4.69, 9.17) is 10.7 Å². The number of benzene rings is 1. The Bertz CT molecular complexity index is 676. The molecule has 2 N–H and O–H groups in total. The molecule has 98 valence electrons. The Kier molecular flexibility index (Phi) is 2.77. The molecule has 1 amide bonds. The van der Waals surface area contributed by atoms with Gasteiger partial charge in [0.1, 0.15) is 0 Å². The molecule has 2 aromatic rings. The quantitative estimate of drug-likeness (QED) is 0.850. The molecule has 0 unspecified atom stereocenters. The second-order valence-corrected chi connectivity index (χ2v) is 5.48. The topological polar surface area (TPSA) is 56.0 Å². The van der Waals surface area contributed by atoms with Crippen LogP contribution in [0.25, 0.3) is 10.9 Å². The van der Waals surface area contributed by atoms with Crippen LogP contribution in [-0.2, 0) is 6.42 Å². The van der Waals surface area contributed by atoms with Gasteiger partial charge in [-0.15, -0.1) is 0 Å². The molecule has 3 rings (SSSR count). The SMILES string of the molecule is Cc1cccc2c(C(N)=O)c3c(nc12)[C@H](C)CCC3. The summed E-state index contributed by atoms with van der Waals surface area (Å²) < 4.78 is 0. The number of aromatic nitrogens is 1. The minimum Gasteiger partial charge on any atom is -0.366 e. The molecule has 1 atom stereocenters. The molecule has 0 bridgehead atoms. The summed E-state index contributed by atoms with van der Waals surface area (Å²) >= 11 is 0. The van der Waals surface area contributed by atoms with E-state index in [1.54, 1.807) is 0 Å². The lowest BCUT2D eigenvalue weighted by atomic mass is 9.83. The summed E-state index contributed by atoms with van der Waals surface area (Å²) in [5, 5.41) is 0.903. The molecule has 1 aliphatic rings. The van der Waals surface area contributed by atoms with E-state index in [2.05, 4.69) is 6.92 Å². The Morgan fingerprint density at radius 2 is 2.21 bits per heavy atom. The van der Waals surface area contributed by atoms with Gasteiger partial charge in [-0.2, -0.15) is 0 Å². The predicted octanol–water partition coefficient (Wildman–Crippen LogP) is 3.08. The van der Waals surface area contributed by atoms with Crippen LogP contribution >= 0.6 is 0 Å². The average molecular weight is 254 g/mol. The van der Waals surface area contributed by atoms with Crippen LogP contribution in [0.1, 0.15) is 52.9 Å². The van der Waals surface area contributed by atoms with Gasteiger partial charge in [0.25, 0.3) is 0 Å². The van der Waals surface area contributed by atoms with Gasteiger partial charge in [0, 0.05) is 11.1 Å². The van der Waals surface area contributed by atoms with Gasteiger partial charge in [-0.25, -0.2) is 0 Å². The number of para-hydroxylation sites is 1. The van der Waals surface area contributed by atoms with Crippen LogP contribution in [0.3, 0.4) is 0 Å². The van der Waals surface area contributed by atoms with Crippen LogP contribution < -0.4 is 5.73 Å². The molecular formula is C16H18N2O. The number of carbonyl (C=O) groups is 1. The third kappa shape index (κ3) is 1.81. The summed E-state index contributed by atoms with van der Waals surface area (Å²) in [5.74, 6) is 0.0780. The van der Waals surface area contributed by atoms with Crippen LogP contribution in [0.2, 0.25) is 0 Å². The van der Waals surface area contributed by atoms with Crippen molar-refractivity contribution < 1.29 is 4.79 Å². The largest absolute Gasteiger partial charge is 0.366 e. The molecule has 0 fully saturated rings. The van der Waals surface area contributed by atoms with Gasteiger partial charge in [-0.1, -0.05) is 25.1 Å². The number of amides is 1. The van der Waals surface area contributed by atoms with E-state index in [1.807, 2.05) is 25.1 Å².